The van der Waals surface area contributed by atoms with Crippen molar-refractivity contribution in [3.8, 4) is 23.1 Å². The minimum absolute atomic E-state index is 0.00460. The number of aryl methyl sites for hydroxylation is 1. The molecule has 0 saturated carbocycles. The van der Waals surface area contributed by atoms with Gasteiger partial charge in [-0.25, -0.2) is 0 Å². The first-order valence-electron chi connectivity index (χ1n) is 8.15. The first kappa shape index (κ1) is 16.5. The third kappa shape index (κ3) is 3.84. The topological polar surface area (TPSA) is 95.1 Å². The Morgan fingerprint density at radius 3 is 2.63 bits per heavy atom. The predicted molar refractivity (Wildman–Crippen MR) is 97.4 cm³/mol. The molecule has 0 aliphatic heterocycles. The molecule has 2 aromatic carbocycles. The summed E-state index contributed by atoms with van der Waals surface area (Å²) in [5, 5.41) is 14.5. The average molecular weight is 361 g/mol. The summed E-state index contributed by atoms with van der Waals surface area (Å²) in [7, 11) is 1.78. The number of ether oxygens (including phenoxy) is 1. The number of aromatic nitrogens is 4. The maximum absolute atomic E-state index is 12.5. The van der Waals surface area contributed by atoms with Gasteiger partial charge in [0.2, 0.25) is 0 Å². The quantitative estimate of drug-likeness (QED) is 0.584. The van der Waals surface area contributed by atoms with E-state index in [4.69, 9.17) is 9.15 Å². The number of carbonyl (C=O) groups is 1. The van der Waals surface area contributed by atoms with E-state index in [-0.39, 0.29) is 17.8 Å². The van der Waals surface area contributed by atoms with Gasteiger partial charge in [-0.15, -0.1) is 5.10 Å². The van der Waals surface area contributed by atoms with E-state index in [0.29, 0.717) is 22.8 Å². The predicted octanol–water partition coefficient (Wildman–Crippen LogP) is 3.51. The molecule has 4 aromatic rings. The van der Waals surface area contributed by atoms with Crippen LogP contribution in [0.2, 0.25) is 0 Å². The lowest BCUT2D eigenvalue weighted by atomic mass is 10.2. The minimum atomic E-state index is -0.385. The number of nitrogens with zero attached hydrogens (tertiary/aromatic N) is 4. The lowest BCUT2D eigenvalue weighted by Crippen LogP contribution is -2.12. The third-order valence-electron chi connectivity index (χ3n) is 3.65. The van der Waals surface area contributed by atoms with Gasteiger partial charge in [-0.05, 0) is 36.4 Å². The molecule has 1 N–H and O–H groups in total. The summed E-state index contributed by atoms with van der Waals surface area (Å²) in [4.78, 5) is 12.5. The van der Waals surface area contributed by atoms with Crippen LogP contribution in [0.4, 0.5) is 6.01 Å². The lowest BCUT2D eigenvalue weighted by molar-refractivity contribution is 0.102. The van der Waals surface area contributed by atoms with Gasteiger partial charge in [-0.1, -0.05) is 29.4 Å². The van der Waals surface area contributed by atoms with Crippen LogP contribution in [-0.4, -0.2) is 25.9 Å². The first-order chi connectivity index (χ1) is 13.2. The summed E-state index contributed by atoms with van der Waals surface area (Å²) >= 11 is 0. The molecular formula is C19H15N5O3. The van der Waals surface area contributed by atoms with Crippen molar-refractivity contribution >= 4 is 11.9 Å². The Morgan fingerprint density at radius 1 is 1.04 bits per heavy atom. The van der Waals surface area contributed by atoms with Gasteiger partial charge in [-0.3, -0.25) is 14.8 Å². The zero-order valence-corrected chi connectivity index (χ0v) is 14.4. The van der Waals surface area contributed by atoms with E-state index in [1.165, 1.54) is 0 Å². The van der Waals surface area contributed by atoms with Crippen molar-refractivity contribution in [2.24, 2.45) is 7.05 Å². The van der Waals surface area contributed by atoms with Crippen molar-refractivity contribution < 1.29 is 13.9 Å². The molecule has 0 aliphatic carbocycles. The SMILES string of the molecule is Cn1ccc(-c2nnc(NC(=O)c3cccc(Oc4ccccc4)c3)o2)n1. The van der Waals surface area contributed by atoms with Gasteiger partial charge >= 0.3 is 6.01 Å². The number of nitrogens with one attached hydrogen (secondary N) is 1. The van der Waals surface area contributed by atoms with Crippen molar-refractivity contribution in [1.29, 1.82) is 0 Å². The Bertz CT molecular complexity index is 1070. The number of rotatable bonds is 5. The molecule has 0 bridgehead atoms. The van der Waals surface area contributed by atoms with E-state index in [2.05, 4.69) is 20.6 Å². The lowest BCUT2D eigenvalue weighted by Gasteiger charge is -2.07. The van der Waals surface area contributed by atoms with Crippen LogP contribution in [0.25, 0.3) is 11.6 Å². The maximum Gasteiger partial charge on any atom is 0.322 e. The first-order valence-corrected chi connectivity index (χ1v) is 8.15. The Hall–Kier alpha value is -3.94. The molecule has 0 spiro atoms. The summed E-state index contributed by atoms with van der Waals surface area (Å²) in [5.74, 6) is 1.08. The Kier molecular flexibility index (Phi) is 4.36. The molecule has 0 fully saturated rings. The van der Waals surface area contributed by atoms with E-state index in [1.54, 1.807) is 48.3 Å². The molecule has 8 heteroatoms. The van der Waals surface area contributed by atoms with Gasteiger partial charge in [0.15, 0.2) is 0 Å². The second kappa shape index (κ2) is 7.12. The fourth-order valence-corrected chi connectivity index (χ4v) is 2.40. The van der Waals surface area contributed by atoms with Gasteiger partial charge in [0.1, 0.15) is 17.2 Å². The van der Waals surface area contributed by atoms with Crippen LogP contribution in [0.3, 0.4) is 0 Å². The Morgan fingerprint density at radius 2 is 1.85 bits per heavy atom. The van der Waals surface area contributed by atoms with E-state index in [1.807, 2.05) is 30.3 Å². The van der Waals surface area contributed by atoms with E-state index in [9.17, 15) is 4.79 Å². The fourth-order valence-electron chi connectivity index (χ4n) is 2.40. The van der Waals surface area contributed by atoms with Crippen molar-refractivity contribution in [3.63, 3.8) is 0 Å². The monoisotopic (exact) mass is 361 g/mol. The second-order valence-corrected chi connectivity index (χ2v) is 5.68. The van der Waals surface area contributed by atoms with Crippen LogP contribution in [0, 0.1) is 0 Å². The number of amides is 1. The average Bonchev–Trinajstić information content (AvgIpc) is 3.32. The van der Waals surface area contributed by atoms with Crippen LogP contribution in [0.15, 0.2) is 71.3 Å². The summed E-state index contributed by atoms with van der Waals surface area (Å²) in [6.07, 6.45) is 1.76. The molecule has 2 aromatic heterocycles. The largest absolute Gasteiger partial charge is 0.457 e. The van der Waals surface area contributed by atoms with Crippen molar-refractivity contribution in [2.75, 3.05) is 5.32 Å². The molecule has 134 valence electrons. The maximum atomic E-state index is 12.5. The van der Waals surface area contributed by atoms with Crippen LogP contribution >= 0.6 is 0 Å². The molecular weight excluding hydrogens is 346 g/mol. The number of carbonyl (C=O) groups excluding carboxylic acids is 1. The number of para-hydroxylation sites is 1. The number of hydrogen-bond acceptors (Lipinski definition) is 6. The summed E-state index contributed by atoms with van der Waals surface area (Å²) < 4.78 is 12.8. The zero-order chi connectivity index (χ0) is 18.6. The molecule has 1 amide bonds. The van der Waals surface area contributed by atoms with E-state index < -0.39 is 0 Å². The molecule has 8 nitrogen and oxygen atoms in total. The van der Waals surface area contributed by atoms with Gasteiger partial charge in [0.05, 0.1) is 0 Å². The van der Waals surface area contributed by atoms with Gasteiger partial charge in [0, 0.05) is 18.8 Å². The molecule has 0 radical (unpaired) electrons. The summed E-state index contributed by atoms with van der Waals surface area (Å²) in [5.41, 5.74) is 0.935. The van der Waals surface area contributed by atoms with Crippen molar-refractivity contribution in [2.45, 2.75) is 0 Å². The van der Waals surface area contributed by atoms with Gasteiger partial charge in [-0.2, -0.15) is 5.10 Å². The highest BCUT2D eigenvalue weighted by Gasteiger charge is 2.14. The molecule has 0 saturated heterocycles. The molecule has 4 rings (SSSR count). The highest BCUT2D eigenvalue weighted by molar-refractivity contribution is 6.03. The summed E-state index contributed by atoms with van der Waals surface area (Å²) in [6, 6.07) is 17.9. The van der Waals surface area contributed by atoms with E-state index >= 15 is 0 Å². The van der Waals surface area contributed by atoms with Crippen LogP contribution in [0.5, 0.6) is 11.5 Å². The fraction of sp³-hybridized carbons (Fsp3) is 0.0526. The summed E-state index contributed by atoms with van der Waals surface area (Å²) in [6.45, 7) is 0. The minimum Gasteiger partial charge on any atom is -0.457 e. The Balaban J connectivity index is 1.47. The molecule has 0 atom stereocenters. The smallest absolute Gasteiger partial charge is 0.322 e. The number of anilines is 1. The van der Waals surface area contributed by atoms with Crippen LogP contribution in [0.1, 0.15) is 10.4 Å². The molecule has 0 unspecified atom stereocenters. The van der Waals surface area contributed by atoms with Crippen LogP contribution in [-0.2, 0) is 7.05 Å². The molecule has 2 heterocycles. The normalized spacial score (nSPS) is 10.6. The highest BCUT2D eigenvalue weighted by Crippen LogP contribution is 2.23. The molecule has 0 aliphatic rings. The van der Waals surface area contributed by atoms with Crippen molar-refractivity contribution in [1.82, 2.24) is 20.0 Å². The molecule has 27 heavy (non-hydrogen) atoms. The zero-order valence-electron chi connectivity index (χ0n) is 14.4. The Labute approximate surface area is 154 Å². The van der Waals surface area contributed by atoms with Gasteiger partial charge in [0.25, 0.3) is 11.8 Å². The highest BCUT2D eigenvalue weighted by atomic mass is 16.5. The van der Waals surface area contributed by atoms with E-state index in [0.717, 1.165) is 0 Å². The van der Waals surface area contributed by atoms with Crippen LogP contribution < -0.4 is 10.1 Å². The number of benzene rings is 2. The third-order valence-corrected chi connectivity index (χ3v) is 3.65. The van der Waals surface area contributed by atoms with Gasteiger partial charge < -0.3 is 9.15 Å². The second-order valence-electron chi connectivity index (χ2n) is 5.68. The van der Waals surface area contributed by atoms with Crippen molar-refractivity contribution in [3.05, 3.63) is 72.4 Å². The number of hydrogen-bond donors (Lipinski definition) is 1. The standard InChI is InChI=1S/C19H15N5O3/c1-24-11-10-16(23-24)18-21-22-19(27-18)20-17(25)13-6-5-9-15(12-13)26-14-7-3-2-4-8-14/h2-12H,1H3,(H,20,22,25).